The van der Waals surface area contributed by atoms with E-state index >= 15 is 0 Å². The van der Waals surface area contributed by atoms with Gasteiger partial charge in [0.05, 0.1) is 6.10 Å². The molecule has 0 rings (SSSR count). The zero-order chi connectivity index (χ0) is 17.0. The summed E-state index contributed by atoms with van der Waals surface area (Å²) >= 11 is 0. The second-order valence-corrected chi connectivity index (χ2v) is 7.28. The van der Waals surface area contributed by atoms with Crippen LogP contribution in [-0.2, 0) is 0 Å². The van der Waals surface area contributed by atoms with Gasteiger partial charge in [-0.05, 0) is 39.0 Å². The average molecular weight is 325 g/mol. The van der Waals surface area contributed by atoms with E-state index in [1.165, 1.54) is 103 Å². The largest absolute Gasteiger partial charge is 0.393 e. The summed E-state index contributed by atoms with van der Waals surface area (Å²) < 4.78 is 0. The van der Waals surface area contributed by atoms with E-state index < -0.39 is 0 Å². The standard InChI is InChI=1S/C22H44O/c1-3-4-5-6-7-8-9-10-11-12-13-14-15-16-17-18-19-20-21-22(2)23/h13-14,22-23H,3-12,15-21H2,1-2H3/b14-13+. The second kappa shape index (κ2) is 19.7. The molecule has 0 aromatic carbocycles. The van der Waals surface area contributed by atoms with Crippen LogP contribution in [0.25, 0.3) is 0 Å². The topological polar surface area (TPSA) is 20.2 Å². The Kier molecular flexibility index (Phi) is 19.5. The van der Waals surface area contributed by atoms with E-state index in [1.54, 1.807) is 0 Å². The van der Waals surface area contributed by atoms with Crippen LogP contribution in [0, 0.1) is 0 Å². The summed E-state index contributed by atoms with van der Waals surface area (Å²) in [5, 5.41) is 9.18. The van der Waals surface area contributed by atoms with Crippen LogP contribution in [-0.4, -0.2) is 11.2 Å². The van der Waals surface area contributed by atoms with Crippen LogP contribution in [0.5, 0.6) is 0 Å². The molecule has 0 saturated heterocycles. The van der Waals surface area contributed by atoms with Gasteiger partial charge in [0.25, 0.3) is 0 Å². The molecule has 0 aliphatic rings. The first kappa shape index (κ1) is 22.7. The molecular weight excluding hydrogens is 280 g/mol. The molecule has 0 fully saturated rings. The second-order valence-electron chi connectivity index (χ2n) is 7.28. The van der Waals surface area contributed by atoms with Gasteiger partial charge in [-0.2, -0.15) is 0 Å². The molecule has 0 aromatic heterocycles. The number of aliphatic hydroxyl groups is 1. The summed E-state index contributed by atoms with van der Waals surface area (Å²) in [6.07, 6.45) is 27.5. The summed E-state index contributed by atoms with van der Waals surface area (Å²) in [6.45, 7) is 4.17. The lowest BCUT2D eigenvalue weighted by Gasteiger charge is -2.03. The summed E-state index contributed by atoms with van der Waals surface area (Å²) in [7, 11) is 0. The first-order valence-electron chi connectivity index (χ1n) is 10.6. The number of rotatable bonds is 18. The summed E-state index contributed by atoms with van der Waals surface area (Å²) in [6, 6.07) is 0. The Labute approximate surface area is 147 Å². The minimum absolute atomic E-state index is 0.112. The minimum atomic E-state index is -0.112. The maximum atomic E-state index is 9.18. The number of hydrogen-bond acceptors (Lipinski definition) is 1. The Morgan fingerprint density at radius 1 is 0.609 bits per heavy atom. The van der Waals surface area contributed by atoms with E-state index in [-0.39, 0.29) is 6.10 Å². The van der Waals surface area contributed by atoms with Crippen molar-refractivity contribution in [1.82, 2.24) is 0 Å². The Morgan fingerprint density at radius 2 is 1.00 bits per heavy atom. The number of hydrogen-bond donors (Lipinski definition) is 1. The first-order chi connectivity index (χ1) is 11.3. The molecule has 0 aliphatic carbocycles. The molecule has 0 amide bonds. The fourth-order valence-corrected chi connectivity index (χ4v) is 3.04. The molecule has 1 N–H and O–H groups in total. The van der Waals surface area contributed by atoms with Gasteiger partial charge in [-0.1, -0.05) is 96.1 Å². The van der Waals surface area contributed by atoms with Crippen LogP contribution in [0.3, 0.4) is 0 Å². The smallest absolute Gasteiger partial charge is 0.0512 e. The third kappa shape index (κ3) is 21.7. The van der Waals surface area contributed by atoms with Crippen LogP contribution in [0.15, 0.2) is 12.2 Å². The predicted octanol–water partition coefficient (Wildman–Crippen LogP) is 7.58. The Balaban J connectivity index is 3.06. The zero-order valence-corrected chi connectivity index (χ0v) is 16.2. The number of unbranched alkanes of at least 4 members (excludes halogenated alkanes) is 14. The van der Waals surface area contributed by atoms with Crippen LogP contribution >= 0.6 is 0 Å². The summed E-state index contributed by atoms with van der Waals surface area (Å²) in [4.78, 5) is 0. The van der Waals surface area contributed by atoms with E-state index in [2.05, 4.69) is 19.1 Å². The van der Waals surface area contributed by atoms with Crippen molar-refractivity contribution in [2.75, 3.05) is 0 Å². The van der Waals surface area contributed by atoms with E-state index in [4.69, 9.17) is 0 Å². The molecule has 0 radical (unpaired) electrons. The normalized spacial score (nSPS) is 13.0. The van der Waals surface area contributed by atoms with Crippen molar-refractivity contribution in [3.8, 4) is 0 Å². The lowest BCUT2D eigenvalue weighted by molar-refractivity contribution is 0.180. The molecule has 0 spiro atoms. The highest BCUT2D eigenvalue weighted by molar-refractivity contribution is 4.81. The van der Waals surface area contributed by atoms with Crippen molar-refractivity contribution >= 4 is 0 Å². The quantitative estimate of drug-likeness (QED) is 0.203. The SMILES string of the molecule is CCCCCCCCCCC/C=C/CCCCCCCC(C)O. The Bertz CT molecular complexity index is 232. The van der Waals surface area contributed by atoms with E-state index in [0.717, 1.165) is 6.42 Å². The van der Waals surface area contributed by atoms with Crippen molar-refractivity contribution in [2.24, 2.45) is 0 Å². The van der Waals surface area contributed by atoms with Crippen molar-refractivity contribution in [1.29, 1.82) is 0 Å². The number of allylic oxidation sites excluding steroid dienone is 2. The molecule has 1 heteroatoms. The Morgan fingerprint density at radius 3 is 1.43 bits per heavy atom. The van der Waals surface area contributed by atoms with Crippen molar-refractivity contribution in [3.63, 3.8) is 0 Å². The molecular formula is C22H44O. The van der Waals surface area contributed by atoms with Crippen molar-refractivity contribution in [2.45, 2.75) is 129 Å². The van der Waals surface area contributed by atoms with Gasteiger partial charge in [0.1, 0.15) is 0 Å². The lowest BCUT2D eigenvalue weighted by atomic mass is 10.1. The molecule has 0 heterocycles. The van der Waals surface area contributed by atoms with Gasteiger partial charge in [-0.25, -0.2) is 0 Å². The molecule has 138 valence electrons. The predicted molar refractivity (Wildman–Crippen MR) is 105 cm³/mol. The highest BCUT2D eigenvalue weighted by Gasteiger charge is 1.95. The molecule has 1 atom stereocenters. The van der Waals surface area contributed by atoms with E-state index in [0.29, 0.717) is 0 Å². The molecule has 23 heavy (non-hydrogen) atoms. The lowest BCUT2D eigenvalue weighted by Crippen LogP contribution is -1.98. The highest BCUT2D eigenvalue weighted by Crippen LogP contribution is 2.11. The Hall–Kier alpha value is -0.300. The molecule has 0 aromatic rings. The zero-order valence-electron chi connectivity index (χ0n) is 16.2. The fraction of sp³-hybridized carbons (Fsp3) is 0.909. The van der Waals surface area contributed by atoms with Crippen LogP contribution in [0.1, 0.15) is 123 Å². The highest BCUT2D eigenvalue weighted by atomic mass is 16.3. The van der Waals surface area contributed by atoms with Crippen LogP contribution in [0.4, 0.5) is 0 Å². The third-order valence-corrected chi connectivity index (χ3v) is 4.63. The fourth-order valence-electron chi connectivity index (χ4n) is 3.04. The molecule has 0 saturated carbocycles. The van der Waals surface area contributed by atoms with Crippen molar-refractivity contribution in [3.05, 3.63) is 12.2 Å². The summed E-state index contributed by atoms with van der Waals surface area (Å²) in [5.41, 5.74) is 0. The average Bonchev–Trinajstić information content (AvgIpc) is 2.53. The van der Waals surface area contributed by atoms with Gasteiger partial charge in [0, 0.05) is 0 Å². The first-order valence-corrected chi connectivity index (χ1v) is 10.6. The van der Waals surface area contributed by atoms with E-state index in [1.807, 2.05) is 6.92 Å². The number of aliphatic hydroxyl groups excluding tert-OH is 1. The molecule has 1 unspecified atom stereocenters. The van der Waals surface area contributed by atoms with Gasteiger partial charge in [-0.15, -0.1) is 0 Å². The van der Waals surface area contributed by atoms with Gasteiger partial charge in [0.15, 0.2) is 0 Å². The van der Waals surface area contributed by atoms with Crippen molar-refractivity contribution < 1.29 is 5.11 Å². The van der Waals surface area contributed by atoms with Gasteiger partial charge < -0.3 is 5.11 Å². The monoisotopic (exact) mass is 324 g/mol. The van der Waals surface area contributed by atoms with E-state index in [9.17, 15) is 5.11 Å². The molecule has 0 aliphatic heterocycles. The van der Waals surface area contributed by atoms with Crippen LogP contribution in [0.2, 0.25) is 0 Å². The van der Waals surface area contributed by atoms with Gasteiger partial charge >= 0.3 is 0 Å². The van der Waals surface area contributed by atoms with Gasteiger partial charge in [0.2, 0.25) is 0 Å². The maximum absolute atomic E-state index is 9.18. The molecule has 1 nitrogen and oxygen atoms in total. The van der Waals surface area contributed by atoms with Gasteiger partial charge in [-0.3, -0.25) is 0 Å². The van der Waals surface area contributed by atoms with Crippen LogP contribution < -0.4 is 0 Å². The maximum Gasteiger partial charge on any atom is 0.0512 e. The summed E-state index contributed by atoms with van der Waals surface area (Å²) in [5.74, 6) is 0. The molecule has 0 bridgehead atoms. The minimum Gasteiger partial charge on any atom is -0.393 e. The third-order valence-electron chi connectivity index (χ3n) is 4.63.